The summed E-state index contributed by atoms with van der Waals surface area (Å²) in [6.45, 7) is 5.96. The van der Waals surface area contributed by atoms with Crippen molar-refractivity contribution in [3.8, 4) is 0 Å². The van der Waals surface area contributed by atoms with Gasteiger partial charge in [0, 0.05) is 45.0 Å². The molecule has 3 aromatic carbocycles. The molecule has 6 nitrogen and oxygen atoms in total. The zero-order chi connectivity index (χ0) is 23.8. The second kappa shape index (κ2) is 11.8. The molecule has 34 heavy (non-hydrogen) atoms. The number of amides is 2. The normalized spacial score (nSPS) is 14.5. The van der Waals surface area contributed by atoms with Crippen LogP contribution in [0.4, 0.5) is 5.69 Å². The van der Waals surface area contributed by atoms with Crippen molar-refractivity contribution in [2.75, 3.05) is 38.0 Å². The number of nitrogens with zero attached hydrogens (tertiary/aromatic N) is 2. The third-order valence-corrected chi connectivity index (χ3v) is 6.22. The van der Waals surface area contributed by atoms with Crippen LogP contribution in [0.25, 0.3) is 0 Å². The first-order valence-electron chi connectivity index (χ1n) is 11.5. The first kappa shape index (κ1) is 24.0. The van der Waals surface area contributed by atoms with Crippen molar-refractivity contribution >= 4 is 29.1 Å². The molecule has 0 unspecified atom stereocenters. The van der Waals surface area contributed by atoms with Gasteiger partial charge in [-0.2, -0.15) is 0 Å². The van der Waals surface area contributed by atoms with E-state index in [0.717, 1.165) is 39.3 Å². The Hall–Kier alpha value is -3.19. The van der Waals surface area contributed by atoms with Gasteiger partial charge in [-0.1, -0.05) is 66.2 Å². The van der Waals surface area contributed by atoms with Gasteiger partial charge < -0.3 is 10.6 Å². The topological polar surface area (TPSA) is 64.7 Å². The number of carbonyl (C=O) groups excluding carboxylic acids is 2. The number of piperazine rings is 1. The van der Waals surface area contributed by atoms with Gasteiger partial charge in [-0.3, -0.25) is 19.4 Å². The van der Waals surface area contributed by atoms with Crippen LogP contribution in [-0.2, 0) is 17.9 Å². The second-order valence-corrected chi connectivity index (χ2v) is 8.85. The molecule has 0 aromatic heterocycles. The fourth-order valence-electron chi connectivity index (χ4n) is 4.01. The number of hydrogen-bond acceptors (Lipinski definition) is 4. The molecular formula is C27H29ClN4O2. The molecule has 1 aliphatic rings. The summed E-state index contributed by atoms with van der Waals surface area (Å²) in [6, 6.07) is 25.2. The van der Waals surface area contributed by atoms with Crippen LogP contribution in [0.1, 0.15) is 21.5 Å². The highest BCUT2D eigenvalue weighted by atomic mass is 35.5. The molecule has 176 valence electrons. The number of carbonyl (C=O) groups is 2. The Morgan fingerprint density at radius 2 is 1.29 bits per heavy atom. The molecule has 0 spiro atoms. The SMILES string of the molecule is O=C(CNC(=O)c1ccccc1Cl)Nc1ccc(CN2CCN(Cc3ccccc3)CC2)cc1. The molecule has 7 heteroatoms. The van der Waals surface area contributed by atoms with Crippen LogP contribution in [0.5, 0.6) is 0 Å². The lowest BCUT2D eigenvalue weighted by molar-refractivity contribution is -0.115. The summed E-state index contributed by atoms with van der Waals surface area (Å²) >= 11 is 6.02. The third kappa shape index (κ3) is 6.90. The van der Waals surface area contributed by atoms with E-state index in [-0.39, 0.29) is 18.4 Å². The Bertz CT molecular complexity index is 1100. The molecule has 3 aromatic rings. The molecule has 0 radical (unpaired) electrons. The van der Waals surface area contributed by atoms with Crippen LogP contribution in [0.15, 0.2) is 78.9 Å². The Balaban J connectivity index is 1.19. The fraction of sp³-hybridized carbons (Fsp3) is 0.259. The van der Waals surface area contributed by atoms with Gasteiger partial charge >= 0.3 is 0 Å². The van der Waals surface area contributed by atoms with E-state index in [0.29, 0.717) is 16.3 Å². The summed E-state index contributed by atoms with van der Waals surface area (Å²) in [6.07, 6.45) is 0. The van der Waals surface area contributed by atoms with Crippen molar-refractivity contribution in [2.45, 2.75) is 13.1 Å². The van der Waals surface area contributed by atoms with E-state index in [2.05, 4.69) is 50.8 Å². The second-order valence-electron chi connectivity index (χ2n) is 8.45. The Kier molecular flexibility index (Phi) is 8.31. The quantitative estimate of drug-likeness (QED) is 0.515. The van der Waals surface area contributed by atoms with E-state index >= 15 is 0 Å². The predicted octanol–water partition coefficient (Wildman–Crippen LogP) is 4.03. The molecule has 2 amide bonds. The van der Waals surface area contributed by atoms with Gasteiger partial charge in [0.05, 0.1) is 17.1 Å². The lowest BCUT2D eigenvalue weighted by Gasteiger charge is -2.34. The van der Waals surface area contributed by atoms with E-state index < -0.39 is 0 Å². The van der Waals surface area contributed by atoms with Crippen molar-refractivity contribution in [3.63, 3.8) is 0 Å². The molecule has 0 aliphatic carbocycles. The van der Waals surface area contributed by atoms with Gasteiger partial charge in [0.2, 0.25) is 5.91 Å². The maximum Gasteiger partial charge on any atom is 0.253 e. The molecule has 0 saturated carbocycles. The standard InChI is InChI=1S/C27H29ClN4O2/c28-25-9-5-4-8-24(25)27(34)29-18-26(33)30-23-12-10-22(11-13-23)20-32-16-14-31(15-17-32)19-21-6-2-1-3-7-21/h1-13H,14-20H2,(H,29,34)(H,30,33). The average molecular weight is 477 g/mol. The summed E-state index contributed by atoms with van der Waals surface area (Å²) in [4.78, 5) is 29.4. The van der Waals surface area contributed by atoms with E-state index in [9.17, 15) is 9.59 Å². The maximum absolute atomic E-state index is 12.2. The monoisotopic (exact) mass is 476 g/mol. The molecule has 0 atom stereocenters. The summed E-state index contributed by atoms with van der Waals surface area (Å²) < 4.78 is 0. The number of rotatable bonds is 8. The molecule has 1 fully saturated rings. The van der Waals surface area contributed by atoms with Crippen molar-refractivity contribution in [1.29, 1.82) is 0 Å². The number of nitrogens with one attached hydrogen (secondary N) is 2. The average Bonchev–Trinajstić information content (AvgIpc) is 2.86. The summed E-state index contributed by atoms with van der Waals surface area (Å²) in [7, 11) is 0. The minimum Gasteiger partial charge on any atom is -0.343 e. The number of anilines is 1. The predicted molar refractivity (Wildman–Crippen MR) is 136 cm³/mol. The van der Waals surface area contributed by atoms with Crippen molar-refractivity contribution in [3.05, 3.63) is 101 Å². The zero-order valence-corrected chi connectivity index (χ0v) is 19.8. The Labute approximate surface area is 205 Å². The molecule has 1 aliphatic heterocycles. The van der Waals surface area contributed by atoms with Crippen LogP contribution in [0.2, 0.25) is 5.02 Å². The van der Waals surface area contributed by atoms with E-state index in [1.807, 2.05) is 24.3 Å². The fourth-order valence-corrected chi connectivity index (χ4v) is 4.23. The van der Waals surface area contributed by atoms with Gasteiger partial charge in [0.25, 0.3) is 5.91 Å². The molecule has 2 N–H and O–H groups in total. The van der Waals surface area contributed by atoms with Gasteiger partial charge in [-0.25, -0.2) is 0 Å². The van der Waals surface area contributed by atoms with Gasteiger partial charge in [-0.15, -0.1) is 0 Å². The Morgan fingerprint density at radius 3 is 1.91 bits per heavy atom. The lowest BCUT2D eigenvalue weighted by Crippen LogP contribution is -2.45. The molecule has 0 bridgehead atoms. The number of hydrogen-bond donors (Lipinski definition) is 2. The molecule has 4 rings (SSSR count). The number of halogens is 1. The van der Waals surface area contributed by atoms with Crippen LogP contribution in [0.3, 0.4) is 0 Å². The highest BCUT2D eigenvalue weighted by Gasteiger charge is 2.17. The molecular weight excluding hydrogens is 448 g/mol. The molecule has 1 heterocycles. The van der Waals surface area contributed by atoms with E-state index in [1.165, 1.54) is 11.1 Å². The van der Waals surface area contributed by atoms with Crippen LogP contribution in [-0.4, -0.2) is 54.3 Å². The first-order valence-corrected chi connectivity index (χ1v) is 11.8. The highest BCUT2D eigenvalue weighted by molar-refractivity contribution is 6.33. The number of benzene rings is 3. The van der Waals surface area contributed by atoms with Crippen LogP contribution < -0.4 is 10.6 Å². The van der Waals surface area contributed by atoms with E-state index in [1.54, 1.807) is 24.3 Å². The largest absolute Gasteiger partial charge is 0.343 e. The zero-order valence-electron chi connectivity index (χ0n) is 19.0. The van der Waals surface area contributed by atoms with E-state index in [4.69, 9.17) is 11.6 Å². The Morgan fingerprint density at radius 1 is 0.735 bits per heavy atom. The summed E-state index contributed by atoms with van der Waals surface area (Å²) in [5.41, 5.74) is 3.62. The van der Waals surface area contributed by atoms with Crippen LogP contribution >= 0.6 is 11.6 Å². The lowest BCUT2D eigenvalue weighted by atomic mass is 10.1. The smallest absolute Gasteiger partial charge is 0.253 e. The first-order chi connectivity index (χ1) is 16.6. The van der Waals surface area contributed by atoms with Crippen molar-refractivity contribution in [2.24, 2.45) is 0 Å². The minimum absolute atomic E-state index is 0.126. The summed E-state index contributed by atoms with van der Waals surface area (Å²) in [5.74, 6) is -0.664. The van der Waals surface area contributed by atoms with Gasteiger partial charge in [-0.05, 0) is 35.4 Å². The molecule has 1 saturated heterocycles. The highest BCUT2D eigenvalue weighted by Crippen LogP contribution is 2.15. The van der Waals surface area contributed by atoms with Crippen LogP contribution in [0, 0.1) is 0 Å². The maximum atomic E-state index is 12.2. The van der Waals surface area contributed by atoms with Crippen molar-refractivity contribution < 1.29 is 9.59 Å². The van der Waals surface area contributed by atoms with Gasteiger partial charge in [0.1, 0.15) is 0 Å². The van der Waals surface area contributed by atoms with Crippen molar-refractivity contribution in [1.82, 2.24) is 15.1 Å². The van der Waals surface area contributed by atoms with Gasteiger partial charge in [0.15, 0.2) is 0 Å². The minimum atomic E-state index is -0.375. The summed E-state index contributed by atoms with van der Waals surface area (Å²) in [5, 5.41) is 5.77. The third-order valence-electron chi connectivity index (χ3n) is 5.89.